The topological polar surface area (TPSA) is 62.0 Å². The van der Waals surface area contributed by atoms with Gasteiger partial charge in [0.05, 0.1) is 5.69 Å². The van der Waals surface area contributed by atoms with Gasteiger partial charge in [0.1, 0.15) is 11.5 Å². The molecule has 1 amide bonds. The van der Waals surface area contributed by atoms with Gasteiger partial charge < -0.3 is 10.3 Å². The number of halogens is 2. The molecule has 0 aliphatic rings. The summed E-state index contributed by atoms with van der Waals surface area (Å²) in [7, 11) is 0. The highest BCUT2D eigenvalue weighted by Crippen LogP contribution is 2.31. The molecule has 0 aliphatic heterocycles. The van der Waals surface area contributed by atoms with Crippen molar-refractivity contribution in [1.82, 2.24) is 4.98 Å². The predicted molar refractivity (Wildman–Crippen MR) is 108 cm³/mol. The van der Waals surface area contributed by atoms with Crippen LogP contribution in [0.1, 0.15) is 26.4 Å². The molecule has 0 saturated carbocycles. The van der Waals surface area contributed by atoms with Gasteiger partial charge in [-0.05, 0) is 42.5 Å². The molecule has 6 heteroatoms. The zero-order valence-corrected chi connectivity index (χ0v) is 15.3. The molecule has 0 spiro atoms. The number of anilines is 1. The maximum Gasteiger partial charge on any atom is 0.255 e. The van der Waals surface area contributed by atoms with E-state index in [4.69, 9.17) is 11.6 Å². The van der Waals surface area contributed by atoms with Crippen molar-refractivity contribution in [3.05, 3.63) is 100 Å². The van der Waals surface area contributed by atoms with Crippen molar-refractivity contribution in [2.75, 3.05) is 5.32 Å². The maximum absolute atomic E-state index is 13.1. The molecule has 0 fully saturated rings. The molecule has 0 saturated heterocycles. The SMILES string of the molecule is O=C(Nc1c(C(=O)c2ccccc2)[nH]c2cc(Cl)ccc12)c1ccc(F)cc1. The molecule has 0 bridgehead atoms. The molecule has 4 aromatic rings. The van der Waals surface area contributed by atoms with Crippen LogP contribution in [0.25, 0.3) is 10.9 Å². The number of nitrogens with one attached hydrogen (secondary N) is 2. The lowest BCUT2D eigenvalue weighted by molar-refractivity contribution is 0.102. The summed E-state index contributed by atoms with van der Waals surface area (Å²) in [5, 5.41) is 3.94. The Morgan fingerprint density at radius 1 is 0.893 bits per heavy atom. The van der Waals surface area contributed by atoms with Crippen molar-refractivity contribution >= 4 is 39.9 Å². The van der Waals surface area contributed by atoms with Gasteiger partial charge in [-0.1, -0.05) is 41.9 Å². The van der Waals surface area contributed by atoms with Crippen molar-refractivity contribution in [2.45, 2.75) is 0 Å². The fourth-order valence-corrected chi connectivity index (χ4v) is 3.16. The minimum absolute atomic E-state index is 0.249. The number of amides is 1. The Labute approximate surface area is 165 Å². The minimum atomic E-state index is -0.446. The number of H-pyrrole nitrogens is 1. The number of benzene rings is 3. The van der Waals surface area contributed by atoms with Gasteiger partial charge in [0.2, 0.25) is 5.78 Å². The first-order chi connectivity index (χ1) is 13.5. The number of aromatic amines is 1. The van der Waals surface area contributed by atoms with Crippen molar-refractivity contribution in [2.24, 2.45) is 0 Å². The van der Waals surface area contributed by atoms with Gasteiger partial charge in [-0.15, -0.1) is 0 Å². The van der Waals surface area contributed by atoms with Crippen LogP contribution in [-0.4, -0.2) is 16.7 Å². The second kappa shape index (κ2) is 7.29. The number of ketones is 1. The van der Waals surface area contributed by atoms with Crippen LogP contribution < -0.4 is 5.32 Å². The van der Waals surface area contributed by atoms with E-state index in [0.717, 1.165) is 0 Å². The monoisotopic (exact) mass is 392 g/mol. The van der Waals surface area contributed by atoms with Crippen LogP contribution in [0, 0.1) is 5.82 Å². The Kier molecular flexibility index (Phi) is 4.67. The van der Waals surface area contributed by atoms with Gasteiger partial charge in [-0.25, -0.2) is 4.39 Å². The Morgan fingerprint density at radius 2 is 1.61 bits per heavy atom. The Balaban J connectivity index is 1.80. The van der Waals surface area contributed by atoms with Gasteiger partial charge in [-0.3, -0.25) is 9.59 Å². The quantitative estimate of drug-likeness (QED) is 0.454. The van der Waals surface area contributed by atoms with Crippen LogP contribution in [0.3, 0.4) is 0 Å². The van der Waals surface area contributed by atoms with Crippen LogP contribution in [0.5, 0.6) is 0 Å². The van der Waals surface area contributed by atoms with Gasteiger partial charge in [0.25, 0.3) is 5.91 Å². The van der Waals surface area contributed by atoms with Gasteiger partial charge >= 0.3 is 0 Å². The van der Waals surface area contributed by atoms with Crippen molar-refractivity contribution in [3.8, 4) is 0 Å². The highest BCUT2D eigenvalue weighted by atomic mass is 35.5. The highest BCUT2D eigenvalue weighted by molar-refractivity contribution is 6.31. The summed E-state index contributed by atoms with van der Waals surface area (Å²) in [6, 6.07) is 19.0. The van der Waals surface area contributed by atoms with Crippen LogP contribution in [0.15, 0.2) is 72.8 Å². The zero-order valence-electron chi connectivity index (χ0n) is 14.5. The molecule has 2 N–H and O–H groups in total. The number of carbonyl (C=O) groups is 2. The highest BCUT2D eigenvalue weighted by Gasteiger charge is 2.21. The molecule has 3 aromatic carbocycles. The van der Waals surface area contributed by atoms with E-state index in [0.29, 0.717) is 27.2 Å². The lowest BCUT2D eigenvalue weighted by Gasteiger charge is -2.07. The van der Waals surface area contributed by atoms with E-state index in [1.54, 1.807) is 42.5 Å². The number of aromatic nitrogens is 1. The van der Waals surface area contributed by atoms with Gasteiger partial charge in [0, 0.05) is 27.1 Å². The lowest BCUT2D eigenvalue weighted by atomic mass is 10.1. The van der Waals surface area contributed by atoms with Gasteiger partial charge in [-0.2, -0.15) is 0 Å². The summed E-state index contributed by atoms with van der Waals surface area (Å²) in [6.45, 7) is 0. The van der Waals surface area contributed by atoms with Crippen LogP contribution in [-0.2, 0) is 0 Å². The third kappa shape index (κ3) is 3.40. The maximum atomic E-state index is 13.1. The fraction of sp³-hybridized carbons (Fsp3) is 0. The fourth-order valence-electron chi connectivity index (χ4n) is 2.99. The third-order valence-corrected chi connectivity index (χ3v) is 4.60. The van der Waals surface area contributed by atoms with Crippen LogP contribution >= 0.6 is 11.6 Å². The summed E-state index contributed by atoms with van der Waals surface area (Å²) in [6.07, 6.45) is 0. The van der Waals surface area contributed by atoms with Crippen LogP contribution in [0.2, 0.25) is 5.02 Å². The first kappa shape index (κ1) is 17.9. The normalized spacial score (nSPS) is 10.8. The lowest BCUT2D eigenvalue weighted by Crippen LogP contribution is -2.14. The van der Waals surface area contributed by atoms with E-state index >= 15 is 0 Å². The second-order valence-corrected chi connectivity index (χ2v) is 6.66. The van der Waals surface area contributed by atoms with E-state index in [9.17, 15) is 14.0 Å². The molecule has 0 unspecified atom stereocenters. The summed E-state index contributed by atoms with van der Waals surface area (Å²) < 4.78 is 13.1. The molecule has 0 aliphatic carbocycles. The van der Waals surface area contributed by atoms with Crippen molar-refractivity contribution in [3.63, 3.8) is 0 Å². The van der Waals surface area contributed by atoms with Gasteiger partial charge in [0.15, 0.2) is 0 Å². The average molecular weight is 393 g/mol. The Hall–Kier alpha value is -3.44. The summed E-state index contributed by atoms with van der Waals surface area (Å²) >= 11 is 6.07. The van der Waals surface area contributed by atoms with E-state index < -0.39 is 11.7 Å². The number of carbonyl (C=O) groups excluding carboxylic acids is 2. The molecule has 1 heterocycles. The standard InChI is InChI=1S/C22H14ClFN2O2/c23-15-8-11-17-18(12-15)25-20(21(27)13-4-2-1-3-5-13)19(17)26-22(28)14-6-9-16(24)10-7-14/h1-12,25H,(H,26,28). The first-order valence-electron chi connectivity index (χ1n) is 8.51. The Morgan fingerprint density at radius 3 is 2.32 bits per heavy atom. The molecular weight excluding hydrogens is 379 g/mol. The number of fused-ring (bicyclic) bond motifs is 1. The number of hydrogen-bond donors (Lipinski definition) is 2. The largest absolute Gasteiger partial charge is 0.350 e. The molecule has 4 nitrogen and oxygen atoms in total. The van der Waals surface area contributed by atoms with Crippen LogP contribution in [0.4, 0.5) is 10.1 Å². The third-order valence-electron chi connectivity index (χ3n) is 4.37. The zero-order chi connectivity index (χ0) is 19.7. The van der Waals surface area contributed by atoms with E-state index in [1.807, 2.05) is 6.07 Å². The van der Waals surface area contributed by atoms with E-state index in [2.05, 4.69) is 10.3 Å². The van der Waals surface area contributed by atoms with Crippen molar-refractivity contribution < 1.29 is 14.0 Å². The summed E-state index contributed by atoms with van der Waals surface area (Å²) in [5.41, 5.74) is 2.00. The molecular formula is C22H14ClFN2O2. The number of rotatable bonds is 4. The van der Waals surface area contributed by atoms with E-state index in [-0.39, 0.29) is 17.0 Å². The molecule has 28 heavy (non-hydrogen) atoms. The second-order valence-electron chi connectivity index (χ2n) is 6.22. The molecule has 138 valence electrons. The predicted octanol–water partition coefficient (Wildman–Crippen LogP) is 5.44. The molecule has 0 atom stereocenters. The number of hydrogen-bond acceptors (Lipinski definition) is 2. The molecule has 0 radical (unpaired) electrons. The first-order valence-corrected chi connectivity index (χ1v) is 8.88. The Bertz CT molecular complexity index is 1180. The van der Waals surface area contributed by atoms with E-state index in [1.165, 1.54) is 24.3 Å². The minimum Gasteiger partial charge on any atom is -0.350 e. The summed E-state index contributed by atoms with van der Waals surface area (Å²) in [5.74, 6) is -1.14. The smallest absolute Gasteiger partial charge is 0.255 e. The summed E-state index contributed by atoms with van der Waals surface area (Å²) in [4.78, 5) is 28.7. The average Bonchev–Trinajstić information content (AvgIpc) is 3.05. The molecule has 4 rings (SSSR count). The molecule has 1 aromatic heterocycles. The van der Waals surface area contributed by atoms with Crippen molar-refractivity contribution in [1.29, 1.82) is 0 Å².